The fourth-order valence-corrected chi connectivity index (χ4v) is 5.04. The SMILES string of the molecule is CCCCC/C=C\CCCCCCCC(=O)OC(COC(=O)CCCCCCCCC)COP(=O)(O)OCC[N+](C)(C)C. The van der Waals surface area contributed by atoms with Gasteiger partial charge in [0.1, 0.15) is 19.8 Å². The highest BCUT2D eigenvalue weighted by Gasteiger charge is 2.27. The number of nitrogens with zero attached hydrogens (tertiary/aromatic N) is 1. The van der Waals surface area contributed by atoms with Crippen molar-refractivity contribution in [2.75, 3.05) is 47.5 Å². The average molecular weight is 635 g/mol. The fourth-order valence-electron chi connectivity index (χ4n) is 4.30. The van der Waals surface area contributed by atoms with E-state index in [2.05, 4.69) is 26.0 Å². The maximum atomic E-state index is 12.5. The summed E-state index contributed by atoms with van der Waals surface area (Å²) < 4.78 is 33.9. The number of phosphoric acid groups is 1. The van der Waals surface area contributed by atoms with E-state index in [1.165, 1.54) is 51.4 Å². The van der Waals surface area contributed by atoms with Crippen molar-refractivity contribution >= 4 is 19.8 Å². The molecule has 0 bridgehead atoms. The van der Waals surface area contributed by atoms with Crippen LogP contribution in [-0.4, -0.2) is 74.9 Å². The van der Waals surface area contributed by atoms with Crippen LogP contribution in [0.1, 0.15) is 136 Å². The van der Waals surface area contributed by atoms with Gasteiger partial charge in [-0.25, -0.2) is 4.57 Å². The quantitative estimate of drug-likeness (QED) is 0.0276. The number of quaternary nitrogens is 1. The second kappa shape index (κ2) is 27.1. The van der Waals surface area contributed by atoms with E-state index in [-0.39, 0.29) is 32.0 Å². The lowest BCUT2D eigenvalue weighted by Gasteiger charge is -2.24. The number of esters is 2. The minimum Gasteiger partial charge on any atom is -0.462 e. The molecule has 0 fully saturated rings. The van der Waals surface area contributed by atoms with E-state index >= 15 is 0 Å². The van der Waals surface area contributed by atoms with Crippen LogP contribution in [0.15, 0.2) is 12.2 Å². The summed E-state index contributed by atoms with van der Waals surface area (Å²) in [6, 6.07) is 0. The van der Waals surface area contributed by atoms with Crippen molar-refractivity contribution < 1.29 is 42.1 Å². The van der Waals surface area contributed by atoms with Crippen LogP contribution in [0.25, 0.3) is 0 Å². The van der Waals surface area contributed by atoms with Gasteiger partial charge in [0.25, 0.3) is 0 Å². The number of hydrogen-bond acceptors (Lipinski definition) is 7. The van der Waals surface area contributed by atoms with Gasteiger partial charge in [0.2, 0.25) is 0 Å². The molecule has 0 saturated heterocycles. The van der Waals surface area contributed by atoms with Crippen LogP contribution in [0.2, 0.25) is 0 Å². The summed E-state index contributed by atoms with van der Waals surface area (Å²) in [5, 5.41) is 0. The Kier molecular flexibility index (Phi) is 26.3. The number of allylic oxidation sites excluding steroid dienone is 2. The zero-order valence-corrected chi connectivity index (χ0v) is 29.1. The van der Waals surface area contributed by atoms with Crippen molar-refractivity contribution in [3.8, 4) is 0 Å². The third-order valence-corrected chi connectivity index (χ3v) is 8.03. The van der Waals surface area contributed by atoms with E-state index in [4.69, 9.17) is 18.5 Å². The Labute approximate surface area is 263 Å². The highest BCUT2D eigenvalue weighted by Crippen LogP contribution is 2.43. The largest absolute Gasteiger partial charge is 0.472 e. The first kappa shape index (κ1) is 41.8. The van der Waals surface area contributed by atoms with Crippen LogP contribution >= 0.6 is 7.82 Å². The van der Waals surface area contributed by atoms with Gasteiger partial charge in [-0.15, -0.1) is 0 Å². The first-order chi connectivity index (χ1) is 20.5. The van der Waals surface area contributed by atoms with E-state index in [1.807, 2.05) is 21.1 Å². The number of carbonyl (C=O) groups excluding carboxylic acids is 2. The first-order valence-electron chi connectivity index (χ1n) is 16.9. The smallest absolute Gasteiger partial charge is 0.462 e. The molecule has 0 aromatic heterocycles. The van der Waals surface area contributed by atoms with Gasteiger partial charge in [-0.05, 0) is 38.5 Å². The molecular weight excluding hydrogens is 569 g/mol. The number of hydrogen-bond donors (Lipinski definition) is 1. The summed E-state index contributed by atoms with van der Waals surface area (Å²) in [6.07, 6.45) is 22.8. The molecule has 0 heterocycles. The van der Waals surface area contributed by atoms with Crippen LogP contribution < -0.4 is 0 Å². The maximum absolute atomic E-state index is 12.5. The molecule has 0 rings (SSSR count). The van der Waals surface area contributed by atoms with Crippen LogP contribution in [0.5, 0.6) is 0 Å². The lowest BCUT2D eigenvalue weighted by molar-refractivity contribution is -0.870. The predicted molar refractivity (Wildman–Crippen MR) is 174 cm³/mol. The molecule has 0 aliphatic carbocycles. The van der Waals surface area contributed by atoms with Crippen LogP contribution in [0.4, 0.5) is 0 Å². The number of carbonyl (C=O) groups is 2. The Morgan fingerprint density at radius 3 is 1.77 bits per heavy atom. The summed E-state index contributed by atoms with van der Waals surface area (Å²) in [4.78, 5) is 34.8. The lowest BCUT2D eigenvalue weighted by atomic mass is 10.1. The monoisotopic (exact) mass is 634 g/mol. The molecule has 254 valence electrons. The normalized spacial score (nSPS) is 14.1. The van der Waals surface area contributed by atoms with Crippen LogP contribution in [0.3, 0.4) is 0 Å². The first-order valence-corrected chi connectivity index (χ1v) is 18.4. The molecule has 0 aliphatic rings. The van der Waals surface area contributed by atoms with Gasteiger partial charge in [-0.3, -0.25) is 18.6 Å². The lowest BCUT2D eigenvalue weighted by Crippen LogP contribution is -2.37. The topological polar surface area (TPSA) is 108 Å². The van der Waals surface area contributed by atoms with Crippen molar-refractivity contribution in [3.05, 3.63) is 12.2 Å². The van der Waals surface area contributed by atoms with Crippen molar-refractivity contribution in [3.63, 3.8) is 0 Å². The minimum atomic E-state index is -4.35. The summed E-state index contributed by atoms with van der Waals surface area (Å²) in [5.41, 5.74) is 0. The van der Waals surface area contributed by atoms with Crippen molar-refractivity contribution in [1.82, 2.24) is 0 Å². The molecule has 0 aromatic carbocycles. The molecule has 0 aliphatic heterocycles. The standard InChI is InChI=1S/C33H64NO8P/c1-6-8-10-12-14-15-16-17-18-20-22-24-26-33(36)42-31(30-41-43(37,38)40-28-27-34(3,4)5)29-39-32(35)25-23-21-19-13-11-9-7-2/h14-15,31H,6-13,16-30H2,1-5H3/p+1/b15-14-. The molecular formula is C33H65NO8P+. The summed E-state index contributed by atoms with van der Waals surface area (Å²) in [6.45, 7) is 4.31. The van der Waals surface area contributed by atoms with Gasteiger partial charge in [0.15, 0.2) is 6.10 Å². The molecule has 0 amide bonds. The number of ether oxygens (including phenoxy) is 2. The Hall–Kier alpha value is -1.25. The van der Waals surface area contributed by atoms with Gasteiger partial charge in [-0.1, -0.05) is 96.6 Å². The summed E-state index contributed by atoms with van der Waals surface area (Å²) in [7, 11) is 1.47. The molecule has 0 spiro atoms. The third kappa shape index (κ3) is 30.6. The highest BCUT2D eigenvalue weighted by atomic mass is 31.2. The second-order valence-electron chi connectivity index (χ2n) is 12.6. The summed E-state index contributed by atoms with van der Waals surface area (Å²) in [5.74, 6) is -0.817. The van der Waals surface area contributed by atoms with Crippen molar-refractivity contribution in [1.29, 1.82) is 0 Å². The van der Waals surface area contributed by atoms with E-state index < -0.39 is 26.5 Å². The highest BCUT2D eigenvalue weighted by molar-refractivity contribution is 7.47. The van der Waals surface area contributed by atoms with Gasteiger partial charge in [0.05, 0.1) is 27.7 Å². The molecule has 10 heteroatoms. The number of likely N-dealkylation sites (N-methyl/N-ethyl adjacent to an activating group) is 1. The molecule has 2 unspecified atom stereocenters. The van der Waals surface area contributed by atoms with Crippen molar-refractivity contribution in [2.24, 2.45) is 0 Å². The van der Waals surface area contributed by atoms with Gasteiger partial charge < -0.3 is 18.9 Å². The molecule has 2 atom stereocenters. The third-order valence-electron chi connectivity index (χ3n) is 7.05. The van der Waals surface area contributed by atoms with Crippen LogP contribution in [-0.2, 0) is 32.7 Å². The van der Waals surface area contributed by atoms with E-state index in [9.17, 15) is 19.0 Å². The predicted octanol–water partition coefficient (Wildman–Crippen LogP) is 8.29. The Morgan fingerprint density at radius 2 is 1.19 bits per heavy atom. The van der Waals surface area contributed by atoms with Crippen LogP contribution in [0, 0.1) is 0 Å². The Bertz CT molecular complexity index is 768. The average Bonchev–Trinajstić information content (AvgIpc) is 2.93. The molecule has 0 saturated carbocycles. The summed E-state index contributed by atoms with van der Waals surface area (Å²) >= 11 is 0. The number of rotatable bonds is 30. The number of phosphoric ester groups is 1. The zero-order valence-electron chi connectivity index (χ0n) is 28.2. The molecule has 9 nitrogen and oxygen atoms in total. The molecule has 0 aromatic rings. The Morgan fingerprint density at radius 1 is 0.698 bits per heavy atom. The van der Waals surface area contributed by atoms with E-state index in [0.717, 1.165) is 51.4 Å². The molecule has 1 N–H and O–H groups in total. The molecule has 43 heavy (non-hydrogen) atoms. The van der Waals surface area contributed by atoms with Gasteiger partial charge in [-0.2, -0.15) is 0 Å². The zero-order chi connectivity index (χ0) is 32.2. The van der Waals surface area contributed by atoms with E-state index in [1.54, 1.807) is 0 Å². The maximum Gasteiger partial charge on any atom is 0.472 e. The van der Waals surface area contributed by atoms with Gasteiger partial charge in [0, 0.05) is 12.8 Å². The molecule has 0 radical (unpaired) electrons. The second-order valence-corrected chi connectivity index (χ2v) is 14.0. The van der Waals surface area contributed by atoms with Gasteiger partial charge >= 0.3 is 19.8 Å². The number of unbranched alkanes of at least 4 members (excludes halogenated alkanes) is 14. The Balaban J connectivity index is 4.50. The fraction of sp³-hybridized carbons (Fsp3) is 0.879. The van der Waals surface area contributed by atoms with Crippen molar-refractivity contribution in [2.45, 2.75) is 142 Å². The minimum absolute atomic E-state index is 0.0322. The van der Waals surface area contributed by atoms with E-state index in [0.29, 0.717) is 17.4 Å².